The van der Waals surface area contributed by atoms with Gasteiger partial charge in [-0.05, 0) is 66.9 Å². The third kappa shape index (κ3) is 4.11. The van der Waals surface area contributed by atoms with Gasteiger partial charge in [0, 0.05) is 12.4 Å². The highest BCUT2D eigenvalue weighted by Gasteiger charge is 2.26. The van der Waals surface area contributed by atoms with Crippen molar-refractivity contribution in [3.63, 3.8) is 0 Å². The van der Waals surface area contributed by atoms with Crippen molar-refractivity contribution in [2.45, 2.75) is 25.3 Å². The first-order valence-corrected chi connectivity index (χ1v) is 9.99. The molecule has 1 aromatic heterocycles. The van der Waals surface area contributed by atoms with Gasteiger partial charge in [-0.3, -0.25) is 9.29 Å². The van der Waals surface area contributed by atoms with E-state index in [1.54, 1.807) is 49.8 Å². The van der Waals surface area contributed by atoms with Gasteiger partial charge in [-0.25, -0.2) is 8.42 Å². The van der Waals surface area contributed by atoms with Crippen molar-refractivity contribution in [2.75, 3.05) is 11.4 Å². The summed E-state index contributed by atoms with van der Waals surface area (Å²) >= 11 is 0. The lowest BCUT2D eigenvalue weighted by Crippen LogP contribution is -2.30. The van der Waals surface area contributed by atoms with E-state index in [1.165, 1.54) is 4.31 Å². The normalized spacial score (nSPS) is 11.2. The standard InChI is InChI=1S/C21H22N2O3S/c1-16-6-4-8-19(12-16)23(15-18-7-5-11-22-14-18)27(24,25)20-9-10-21(26-3)17(2)13-20/h4-14H,15H2,1-3H3. The Morgan fingerprint density at radius 2 is 1.85 bits per heavy atom. The maximum Gasteiger partial charge on any atom is 0.264 e. The predicted molar refractivity (Wildman–Crippen MR) is 107 cm³/mol. The van der Waals surface area contributed by atoms with Crippen LogP contribution in [-0.4, -0.2) is 20.5 Å². The zero-order valence-electron chi connectivity index (χ0n) is 15.6. The Morgan fingerprint density at radius 1 is 1.04 bits per heavy atom. The molecule has 5 nitrogen and oxygen atoms in total. The summed E-state index contributed by atoms with van der Waals surface area (Å²) in [6, 6.07) is 16.0. The van der Waals surface area contributed by atoms with E-state index in [2.05, 4.69) is 4.98 Å². The Labute approximate surface area is 160 Å². The molecule has 0 aliphatic carbocycles. The van der Waals surface area contributed by atoms with Crippen LogP contribution in [0.2, 0.25) is 0 Å². The molecule has 27 heavy (non-hydrogen) atoms. The number of rotatable bonds is 6. The van der Waals surface area contributed by atoms with Gasteiger partial charge in [0.25, 0.3) is 10.0 Å². The summed E-state index contributed by atoms with van der Waals surface area (Å²) in [6.07, 6.45) is 3.35. The second kappa shape index (κ2) is 7.80. The molecule has 0 unspecified atom stereocenters. The lowest BCUT2D eigenvalue weighted by molar-refractivity contribution is 0.411. The zero-order valence-corrected chi connectivity index (χ0v) is 16.4. The number of aryl methyl sites for hydroxylation is 2. The lowest BCUT2D eigenvalue weighted by atomic mass is 10.2. The van der Waals surface area contributed by atoms with Crippen molar-refractivity contribution >= 4 is 15.7 Å². The van der Waals surface area contributed by atoms with Gasteiger partial charge < -0.3 is 4.74 Å². The summed E-state index contributed by atoms with van der Waals surface area (Å²) in [5, 5.41) is 0. The highest BCUT2D eigenvalue weighted by atomic mass is 32.2. The number of sulfonamides is 1. The number of aromatic nitrogens is 1. The van der Waals surface area contributed by atoms with Crippen molar-refractivity contribution < 1.29 is 13.2 Å². The van der Waals surface area contributed by atoms with Crippen LogP contribution in [0.5, 0.6) is 5.75 Å². The Bertz CT molecular complexity index is 1030. The van der Waals surface area contributed by atoms with Gasteiger partial charge in [-0.2, -0.15) is 0 Å². The van der Waals surface area contributed by atoms with Crippen LogP contribution in [0.15, 0.2) is 71.9 Å². The van der Waals surface area contributed by atoms with Crippen molar-refractivity contribution in [1.82, 2.24) is 4.98 Å². The molecule has 2 aromatic carbocycles. The van der Waals surface area contributed by atoms with E-state index in [1.807, 2.05) is 38.1 Å². The highest BCUT2D eigenvalue weighted by Crippen LogP contribution is 2.29. The number of hydrogen-bond acceptors (Lipinski definition) is 4. The highest BCUT2D eigenvalue weighted by molar-refractivity contribution is 7.92. The van der Waals surface area contributed by atoms with Gasteiger partial charge >= 0.3 is 0 Å². The van der Waals surface area contributed by atoms with E-state index in [0.717, 1.165) is 16.7 Å². The number of nitrogens with zero attached hydrogens (tertiary/aromatic N) is 2. The van der Waals surface area contributed by atoms with Crippen LogP contribution in [0.1, 0.15) is 16.7 Å². The molecule has 0 aliphatic rings. The van der Waals surface area contributed by atoms with Crippen LogP contribution in [0.25, 0.3) is 0 Å². The number of ether oxygens (including phenoxy) is 1. The molecule has 1 heterocycles. The van der Waals surface area contributed by atoms with Crippen LogP contribution in [0.3, 0.4) is 0 Å². The van der Waals surface area contributed by atoms with E-state index >= 15 is 0 Å². The van der Waals surface area contributed by atoms with E-state index < -0.39 is 10.0 Å². The molecule has 3 rings (SSSR count). The molecular weight excluding hydrogens is 360 g/mol. The molecule has 0 bridgehead atoms. The minimum absolute atomic E-state index is 0.199. The lowest BCUT2D eigenvalue weighted by Gasteiger charge is -2.25. The van der Waals surface area contributed by atoms with Crippen molar-refractivity contribution in [2.24, 2.45) is 0 Å². The number of benzene rings is 2. The maximum atomic E-state index is 13.5. The molecule has 3 aromatic rings. The monoisotopic (exact) mass is 382 g/mol. The molecular formula is C21H22N2O3S. The Morgan fingerprint density at radius 3 is 2.48 bits per heavy atom. The third-order valence-electron chi connectivity index (χ3n) is 4.29. The fourth-order valence-corrected chi connectivity index (χ4v) is 4.42. The number of hydrogen-bond donors (Lipinski definition) is 0. The minimum atomic E-state index is -3.77. The first-order valence-electron chi connectivity index (χ1n) is 8.55. The van der Waals surface area contributed by atoms with Crippen LogP contribution >= 0.6 is 0 Å². The quantitative estimate of drug-likeness (QED) is 0.644. The molecule has 0 radical (unpaired) electrons. The van der Waals surface area contributed by atoms with Crippen molar-refractivity contribution in [1.29, 1.82) is 0 Å². The largest absolute Gasteiger partial charge is 0.496 e. The summed E-state index contributed by atoms with van der Waals surface area (Å²) in [7, 11) is -2.20. The van der Waals surface area contributed by atoms with E-state index in [0.29, 0.717) is 11.4 Å². The number of anilines is 1. The fraction of sp³-hybridized carbons (Fsp3) is 0.190. The van der Waals surface area contributed by atoms with Gasteiger partial charge in [-0.15, -0.1) is 0 Å². The topological polar surface area (TPSA) is 59.5 Å². The zero-order chi connectivity index (χ0) is 19.4. The molecule has 6 heteroatoms. The molecule has 0 N–H and O–H groups in total. The molecule has 0 saturated carbocycles. The SMILES string of the molecule is COc1ccc(S(=O)(=O)N(Cc2cccnc2)c2cccc(C)c2)cc1C. The summed E-state index contributed by atoms with van der Waals surface area (Å²) < 4.78 is 33.6. The van der Waals surface area contributed by atoms with Gasteiger partial charge in [0.15, 0.2) is 0 Å². The van der Waals surface area contributed by atoms with Crippen molar-refractivity contribution in [3.8, 4) is 5.75 Å². The van der Waals surface area contributed by atoms with Crippen LogP contribution in [0, 0.1) is 13.8 Å². The molecule has 0 amide bonds. The fourth-order valence-electron chi connectivity index (χ4n) is 2.89. The number of methoxy groups -OCH3 is 1. The second-order valence-corrected chi connectivity index (χ2v) is 8.21. The average molecular weight is 382 g/mol. The van der Waals surface area contributed by atoms with Crippen LogP contribution in [0.4, 0.5) is 5.69 Å². The first kappa shape index (κ1) is 18.9. The summed E-state index contributed by atoms with van der Waals surface area (Å²) in [5.74, 6) is 0.656. The molecule has 0 atom stereocenters. The third-order valence-corrected chi connectivity index (χ3v) is 6.06. The van der Waals surface area contributed by atoms with Crippen LogP contribution in [-0.2, 0) is 16.6 Å². The van der Waals surface area contributed by atoms with Gasteiger partial charge in [0.05, 0.1) is 24.2 Å². The molecule has 140 valence electrons. The minimum Gasteiger partial charge on any atom is -0.496 e. The molecule has 0 spiro atoms. The van der Waals surface area contributed by atoms with E-state index in [4.69, 9.17) is 4.74 Å². The first-order chi connectivity index (χ1) is 12.9. The second-order valence-electron chi connectivity index (χ2n) is 6.34. The van der Waals surface area contributed by atoms with Gasteiger partial charge in [0.1, 0.15) is 5.75 Å². The molecule has 0 aliphatic heterocycles. The van der Waals surface area contributed by atoms with E-state index in [9.17, 15) is 8.42 Å². The summed E-state index contributed by atoms with van der Waals surface area (Å²) in [5.41, 5.74) is 3.19. The maximum absolute atomic E-state index is 13.5. The number of pyridine rings is 1. The van der Waals surface area contributed by atoms with E-state index in [-0.39, 0.29) is 11.4 Å². The molecule has 0 saturated heterocycles. The molecule has 0 fully saturated rings. The summed E-state index contributed by atoms with van der Waals surface area (Å²) in [6.45, 7) is 3.97. The Hall–Kier alpha value is -2.86. The average Bonchev–Trinajstić information content (AvgIpc) is 2.66. The summed E-state index contributed by atoms with van der Waals surface area (Å²) in [4.78, 5) is 4.33. The van der Waals surface area contributed by atoms with Crippen molar-refractivity contribution in [3.05, 3.63) is 83.7 Å². The smallest absolute Gasteiger partial charge is 0.264 e. The predicted octanol–water partition coefficient (Wildman–Crippen LogP) is 4.10. The van der Waals surface area contributed by atoms with Crippen LogP contribution < -0.4 is 9.04 Å². The Kier molecular flexibility index (Phi) is 5.46. The van der Waals surface area contributed by atoms with Gasteiger partial charge in [-0.1, -0.05) is 18.2 Å². The Balaban J connectivity index is 2.09. The van der Waals surface area contributed by atoms with Gasteiger partial charge in [0.2, 0.25) is 0 Å².